The molecule has 0 unspecified atom stereocenters. The number of benzene rings is 1. The van der Waals surface area contributed by atoms with E-state index in [2.05, 4.69) is 15.5 Å². The fraction of sp³-hybridized carbons (Fsp3) is 0.556. The summed E-state index contributed by atoms with van der Waals surface area (Å²) in [5, 5.41) is 5.15. The van der Waals surface area contributed by atoms with Gasteiger partial charge in [0.05, 0.1) is 13.7 Å². The van der Waals surface area contributed by atoms with E-state index in [4.69, 9.17) is 4.74 Å². The van der Waals surface area contributed by atoms with Crippen LogP contribution in [0.2, 0.25) is 0 Å². The summed E-state index contributed by atoms with van der Waals surface area (Å²) >= 11 is 0. The van der Waals surface area contributed by atoms with Gasteiger partial charge in [0, 0.05) is 18.6 Å². The Morgan fingerprint density at radius 2 is 1.96 bits per heavy atom. The van der Waals surface area contributed by atoms with Gasteiger partial charge in [-0.2, -0.15) is 0 Å². The molecule has 24 heavy (non-hydrogen) atoms. The smallest absolute Gasteiger partial charge is 0.321 e. The highest BCUT2D eigenvalue weighted by molar-refractivity contribution is 5.95. The molecule has 0 spiro atoms. The molecular formula is C18H27N3O3. The topological polar surface area (TPSA) is 70.7 Å². The van der Waals surface area contributed by atoms with Crippen LogP contribution < -0.4 is 15.4 Å². The highest BCUT2D eigenvalue weighted by Crippen LogP contribution is 2.28. The molecule has 1 atom stereocenters. The lowest BCUT2D eigenvalue weighted by atomic mass is 10.2. The van der Waals surface area contributed by atoms with Gasteiger partial charge in [-0.25, -0.2) is 4.79 Å². The molecule has 0 radical (unpaired) electrons. The van der Waals surface area contributed by atoms with E-state index < -0.39 is 6.03 Å². The van der Waals surface area contributed by atoms with Crippen molar-refractivity contribution in [1.82, 2.24) is 15.5 Å². The minimum atomic E-state index is -0.422. The average molecular weight is 333 g/mol. The maximum Gasteiger partial charge on any atom is 0.321 e. The zero-order chi connectivity index (χ0) is 17.5. The molecule has 0 aromatic heterocycles. The molecule has 1 aromatic rings. The third-order valence-corrected chi connectivity index (χ3v) is 4.20. The van der Waals surface area contributed by atoms with Gasteiger partial charge in [0.2, 0.25) is 5.91 Å². The molecule has 3 amide bonds. The first-order valence-corrected chi connectivity index (χ1v) is 8.49. The number of imide groups is 1. The Morgan fingerprint density at radius 1 is 1.29 bits per heavy atom. The Bertz CT molecular complexity index is 555. The molecule has 1 aromatic carbocycles. The number of hydrogen-bond acceptors (Lipinski definition) is 4. The summed E-state index contributed by atoms with van der Waals surface area (Å²) in [6.07, 6.45) is 3.03. The first kappa shape index (κ1) is 18.3. The fourth-order valence-corrected chi connectivity index (χ4v) is 2.43. The van der Waals surface area contributed by atoms with Crippen LogP contribution in [0.5, 0.6) is 5.75 Å². The molecule has 2 rings (SSSR count). The van der Waals surface area contributed by atoms with Gasteiger partial charge in [-0.15, -0.1) is 0 Å². The first-order chi connectivity index (χ1) is 11.5. The largest absolute Gasteiger partial charge is 0.497 e. The molecule has 1 aliphatic rings. The lowest BCUT2D eigenvalue weighted by molar-refractivity contribution is -0.121. The second-order valence-electron chi connectivity index (χ2n) is 6.32. The predicted molar refractivity (Wildman–Crippen MR) is 92.9 cm³/mol. The molecule has 1 aliphatic carbocycles. The van der Waals surface area contributed by atoms with Crippen molar-refractivity contribution in [3.63, 3.8) is 0 Å². The van der Waals surface area contributed by atoms with Gasteiger partial charge in [-0.05, 0) is 43.9 Å². The van der Waals surface area contributed by atoms with Gasteiger partial charge >= 0.3 is 6.03 Å². The number of hydrogen-bond donors (Lipinski definition) is 2. The highest BCUT2D eigenvalue weighted by Gasteiger charge is 2.30. The lowest BCUT2D eigenvalue weighted by Gasteiger charge is -2.21. The summed E-state index contributed by atoms with van der Waals surface area (Å²) in [6, 6.07) is 7.89. The number of ether oxygens (including phenoxy) is 1. The van der Waals surface area contributed by atoms with Crippen LogP contribution in [0.25, 0.3) is 0 Å². The first-order valence-electron chi connectivity index (χ1n) is 8.49. The van der Waals surface area contributed by atoms with Gasteiger partial charge < -0.3 is 10.1 Å². The summed E-state index contributed by atoms with van der Waals surface area (Å²) < 4.78 is 5.16. The average Bonchev–Trinajstić information content (AvgIpc) is 3.39. The SMILES string of the molecule is CC[C@H](C)NC(=O)NC(=O)CN(Cc1ccc(OC)cc1)C1CC1. The monoisotopic (exact) mass is 333 g/mol. The summed E-state index contributed by atoms with van der Waals surface area (Å²) in [4.78, 5) is 26.0. The molecule has 1 fully saturated rings. The summed E-state index contributed by atoms with van der Waals surface area (Å²) in [7, 11) is 1.64. The van der Waals surface area contributed by atoms with Gasteiger partial charge in [0.1, 0.15) is 5.75 Å². The molecule has 6 nitrogen and oxygen atoms in total. The standard InChI is InChI=1S/C18H27N3O3/c1-4-13(2)19-18(23)20-17(22)12-21(15-7-8-15)11-14-5-9-16(24-3)10-6-14/h5-6,9-10,13,15H,4,7-8,11-12H2,1-3H3,(H2,19,20,22,23)/t13-/m0/s1. The van der Waals surface area contributed by atoms with Crippen LogP contribution in [-0.2, 0) is 11.3 Å². The second-order valence-corrected chi connectivity index (χ2v) is 6.32. The number of carbonyl (C=O) groups excluding carboxylic acids is 2. The van der Waals surface area contributed by atoms with Crippen LogP contribution in [0.1, 0.15) is 38.7 Å². The highest BCUT2D eigenvalue weighted by atomic mass is 16.5. The molecule has 2 N–H and O–H groups in total. The van der Waals surface area contributed by atoms with Gasteiger partial charge in [0.15, 0.2) is 0 Å². The van der Waals surface area contributed by atoms with E-state index in [1.54, 1.807) is 7.11 Å². The molecule has 132 valence electrons. The van der Waals surface area contributed by atoms with Crippen molar-refractivity contribution in [3.8, 4) is 5.75 Å². The lowest BCUT2D eigenvalue weighted by Crippen LogP contribution is -2.47. The van der Waals surface area contributed by atoms with Crippen molar-refractivity contribution in [2.45, 2.75) is 51.7 Å². The maximum atomic E-state index is 12.1. The number of nitrogens with one attached hydrogen (secondary N) is 2. The normalized spacial score (nSPS) is 15.0. The maximum absolute atomic E-state index is 12.1. The number of rotatable bonds is 8. The van der Waals surface area contributed by atoms with E-state index in [9.17, 15) is 9.59 Å². The second kappa shape index (κ2) is 8.68. The number of carbonyl (C=O) groups is 2. The van der Waals surface area contributed by atoms with Gasteiger partial charge in [0.25, 0.3) is 0 Å². The summed E-state index contributed by atoms with van der Waals surface area (Å²) in [5.74, 6) is 0.549. The molecular weight excluding hydrogens is 306 g/mol. The Morgan fingerprint density at radius 3 is 2.50 bits per heavy atom. The molecule has 0 heterocycles. The van der Waals surface area contributed by atoms with E-state index in [1.807, 2.05) is 38.1 Å². The van der Waals surface area contributed by atoms with E-state index in [1.165, 1.54) is 0 Å². The minimum Gasteiger partial charge on any atom is -0.497 e. The van der Waals surface area contributed by atoms with Crippen LogP contribution >= 0.6 is 0 Å². The number of amides is 3. The Balaban J connectivity index is 1.86. The quantitative estimate of drug-likeness (QED) is 0.766. The molecule has 0 bridgehead atoms. The van der Waals surface area contributed by atoms with Crippen molar-refractivity contribution in [1.29, 1.82) is 0 Å². The number of nitrogens with zero attached hydrogens (tertiary/aromatic N) is 1. The van der Waals surface area contributed by atoms with E-state index in [0.29, 0.717) is 12.6 Å². The van der Waals surface area contributed by atoms with E-state index >= 15 is 0 Å². The molecule has 0 saturated heterocycles. The fourth-order valence-electron chi connectivity index (χ4n) is 2.43. The van der Waals surface area contributed by atoms with E-state index in [-0.39, 0.29) is 18.5 Å². The van der Waals surface area contributed by atoms with Gasteiger partial charge in [-0.1, -0.05) is 19.1 Å². The Kier molecular flexibility index (Phi) is 6.61. The third-order valence-electron chi connectivity index (χ3n) is 4.20. The third kappa shape index (κ3) is 5.85. The van der Waals surface area contributed by atoms with Crippen LogP contribution in [-0.4, -0.2) is 42.6 Å². The summed E-state index contributed by atoms with van der Waals surface area (Å²) in [6.45, 7) is 4.81. The van der Waals surface area contributed by atoms with Crippen LogP contribution in [0.3, 0.4) is 0 Å². The van der Waals surface area contributed by atoms with Crippen molar-refractivity contribution < 1.29 is 14.3 Å². The van der Waals surface area contributed by atoms with Crippen molar-refractivity contribution >= 4 is 11.9 Å². The zero-order valence-electron chi connectivity index (χ0n) is 14.7. The number of methoxy groups -OCH3 is 1. The zero-order valence-corrected chi connectivity index (χ0v) is 14.7. The summed E-state index contributed by atoms with van der Waals surface area (Å²) in [5.41, 5.74) is 1.12. The minimum absolute atomic E-state index is 0.0524. The molecule has 6 heteroatoms. The molecule has 1 saturated carbocycles. The van der Waals surface area contributed by atoms with Crippen molar-refractivity contribution in [2.24, 2.45) is 0 Å². The van der Waals surface area contributed by atoms with Crippen molar-refractivity contribution in [3.05, 3.63) is 29.8 Å². The number of urea groups is 1. The van der Waals surface area contributed by atoms with Gasteiger partial charge in [-0.3, -0.25) is 15.0 Å². The Labute approximate surface area is 143 Å². The Hall–Kier alpha value is -2.08. The van der Waals surface area contributed by atoms with Crippen LogP contribution in [0, 0.1) is 0 Å². The van der Waals surface area contributed by atoms with E-state index in [0.717, 1.165) is 30.6 Å². The van der Waals surface area contributed by atoms with Crippen molar-refractivity contribution in [2.75, 3.05) is 13.7 Å². The predicted octanol–water partition coefficient (Wildman–Crippen LogP) is 2.28. The van der Waals surface area contributed by atoms with Crippen LogP contribution in [0.15, 0.2) is 24.3 Å². The molecule has 0 aliphatic heterocycles. The van der Waals surface area contributed by atoms with Crippen LogP contribution in [0.4, 0.5) is 4.79 Å².